The Balaban J connectivity index is 1.97. The first kappa shape index (κ1) is 10.2. The Bertz CT molecular complexity index is 386. The molecule has 2 heterocycles. The number of fused-ring (bicyclic) bond motifs is 1. The topological polar surface area (TPSA) is 26.0 Å². The second-order valence-electron chi connectivity index (χ2n) is 3.94. The number of aromatic nitrogens is 1. The summed E-state index contributed by atoms with van der Waals surface area (Å²) in [5.41, 5.74) is 0.906. The van der Waals surface area contributed by atoms with Crippen LogP contribution in [0.1, 0.15) is 38.4 Å². The van der Waals surface area contributed by atoms with Gasteiger partial charge in [0.05, 0.1) is 6.20 Å². The van der Waals surface area contributed by atoms with Gasteiger partial charge in [-0.15, -0.1) is 0 Å². The maximum atomic E-state index is 5.69. The first-order valence-electron chi connectivity index (χ1n) is 5.72. The SMILES string of the molecule is CCCCCCc1cc2ccncc2o1. The lowest BCUT2D eigenvalue weighted by atomic mass is 10.1. The molecule has 0 N–H and O–H groups in total. The highest BCUT2D eigenvalue weighted by molar-refractivity contribution is 5.76. The van der Waals surface area contributed by atoms with Crippen LogP contribution in [0.4, 0.5) is 0 Å². The molecule has 0 spiro atoms. The molecule has 2 aromatic heterocycles. The lowest BCUT2D eigenvalue weighted by Gasteiger charge is -1.95. The molecule has 2 heteroatoms. The fourth-order valence-electron chi connectivity index (χ4n) is 1.79. The molecule has 0 saturated carbocycles. The molecule has 2 nitrogen and oxygen atoms in total. The molecule has 2 aromatic rings. The van der Waals surface area contributed by atoms with Crippen molar-refractivity contribution in [2.75, 3.05) is 0 Å². The molecule has 0 bridgehead atoms. The van der Waals surface area contributed by atoms with Gasteiger partial charge < -0.3 is 4.42 Å². The van der Waals surface area contributed by atoms with Gasteiger partial charge in [-0.05, 0) is 18.6 Å². The molecule has 0 aliphatic heterocycles. The first-order chi connectivity index (χ1) is 7.40. The molecule has 2 rings (SSSR count). The Kier molecular flexibility index (Phi) is 3.38. The quantitative estimate of drug-likeness (QED) is 0.688. The Morgan fingerprint density at radius 1 is 1.27 bits per heavy atom. The Morgan fingerprint density at radius 3 is 3.00 bits per heavy atom. The van der Waals surface area contributed by atoms with Crippen molar-refractivity contribution in [3.8, 4) is 0 Å². The number of hydrogen-bond acceptors (Lipinski definition) is 2. The highest BCUT2D eigenvalue weighted by Gasteiger charge is 2.02. The summed E-state index contributed by atoms with van der Waals surface area (Å²) in [7, 11) is 0. The molecule has 0 radical (unpaired) electrons. The van der Waals surface area contributed by atoms with Gasteiger partial charge in [-0.25, -0.2) is 0 Å². The molecule has 15 heavy (non-hydrogen) atoms. The molecule has 0 atom stereocenters. The van der Waals surface area contributed by atoms with Crippen molar-refractivity contribution in [3.05, 3.63) is 30.3 Å². The first-order valence-corrected chi connectivity index (χ1v) is 5.72. The second kappa shape index (κ2) is 4.96. The third-order valence-corrected chi connectivity index (χ3v) is 2.65. The van der Waals surface area contributed by atoms with E-state index in [0.717, 1.165) is 23.2 Å². The Hall–Kier alpha value is -1.31. The molecule has 0 aliphatic rings. The summed E-state index contributed by atoms with van der Waals surface area (Å²) >= 11 is 0. The third-order valence-electron chi connectivity index (χ3n) is 2.65. The van der Waals surface area contributed by atoms with E-state index < -0.39 is 0 Å². The monoisotopic (exact) mass is 203 g/mol. The minimum Gasteiger partial charge on any atom is -0.459 e. The van der Waals surface area contributed by atoms with Crippen molar-refractivity contribution in [1.29, 1.82) is 0 Å². The van der Waals surface area contributed by atoms with Crippen LogP contribution in [0.5, 0.6) is 0 Å². The number of rotatable bonds is 5. The van der Waals surface area contributed by atoms with Gasteiger partial charge in [0.2, 0.25) is 0 Å². The predicted octanol–water partition coefficient (Wildman–Crippen LogP) is 3.95. The number of hydrogen-bond donors (Lipinski definition) is 0. The molecular weight excluding hydrogens is 186 g/mol. The fraction of sp³-hybridized carbons (Fsp3) is 0.462. The zero-order chi connectivity index (χ0) is 10.5. The zero-order valence-corrected chi connectivity index (χ0v) is 9.20. The summed E-state index contributed by atoms with van der Waals surface area (Å²) in [4.78, 5) is 4.04. The van der Waals surface area contributed by atoms with Crippen LogP contribution in [0, 0.1) is 0 Å². The van der Waals surface area contributed by atoms with Gasteiger partial charge in [-0.3, -0.25) is 4.98 Å². The zero-order valence-electron chi connectivity index (χ0n) is 9.20. The van der Waals surface area contributed by atoms with Crippen molar-refractivity contribution in [1.82, 2.24) is 4.98 Å². The van der Waals surface area contributed by atoms with Gasteiger partial charge in [0, 0.05) is 18.0 Å². The van der Waals surface area contributed by atoms with Crippen LogP contribution in [0.25, 0.3) is 11.0 Å². The third kappa shape index (κ3) is 2.58. The summed E-state index contributed by atoms with van der Waals surface area (Å²) < 4.78 is 5.69. The minimum atomic E-state index is 0.906. The Labute approximate surface area is 90.3 Å². The van der Waals surface area contributed by atoms with Gasteiger partial charge in [0.25, 0.3) is 0 Å². The van der Waals surface area contributed by atoms with Crippen LogP contribution in [0.3, 0.4) is 0 Å². The van der Waals surface area contributed by atoms with Crippen LogP contribution in [0.15, 0.2) is 28.9 Å². The van der Waals surface area contributed by atoms with E-state index in [9.17, 15) is 0 Å². The van der Waals surface area contributed by atoms with Gasteiger partial charge in [-0.1, -0.05) is 26.2 Å². The maximum absolute atomic E-state index is 5.69. The molecule has 0 amide bonds. The number of furan rings is 1. The van der Waals surface area contributed by atoms with Crippen molar-refractivity contribution in [3.63, 3.8) is 0 Å². The maximum Gasteiger partial charge on any atom is 0.152 e. The van der Waals surface area contributed by atoms with E-state index in [1.807, 2.05) is 6.07 Å². The predicted molar refractivity (Wildman–Crippen MR) is 61.9 cm³/mol. The average Bonchev–Trinajstić information content (AvgIpc) is 2.67. The van der Waals surface area contributed by atoms with E-state index >= 15 is 0 Å². The standard InChI is InChI=1S/C13H17NO/c1-2-3-4-5-6-12-9-11-7-8-14-10-13(11)15-12/h7-10H,2-6H2,1H3. The summed E-state index contributed by atoms with van der Waals surface area (Å²) in [6.45, 7) is 2.23. The Morgan fingerprint density at radius 2 is 2.20 bits per heavy atom. The minimum absolute atomic E-state index is 0.906. The highest BCUT2D eigenvalue weighted by atomic mass is 16.3. The highest BCUT2D eigenvalue weighted by Crippen LogP contribution is 2.19. The van der Waals surface area contributed by atoms with E-state index in [4.69, 9.17) is 4.42 Å². The van der Waals surface area contributed by atoms with Gasteiger partial charge in [-0.2, -0.15) is 0 Å². The van der Waals surface area contributed by atoms with Crippen LogP contribution in [-0.4, -0.2) is 4.98 Å². The summed E-state index contributed by atoms with van der Waals surface area (Å²) in [5, 5.41) is 1.16. The number of pyridine rings is 1. The van der Waals surface area contributed by atoms with E-state index in [1.165, 1.54) is 25.7 Å². The van der Waals surface area contributed by atoms with Crippen LogP contribution >= 0.6 is 0 Å². The van der Waals surface area contributed by atoms with Gasteiger partial charge in [0.1, 0.15) is 5.76 Å². The summed E-state index contributed by atoms with van der Waals surface area (Å²) in [6.07, 6.45) is 9.76. The summed E-state index contributed by atoms with van der Waals surface area (Å²) in [6, 6.07) is 4.12. The lowest BCUT2D eigenvalue weighted by Crippen LogP contribution is -1.81. The molecular formula is C13H17NO. The lowest BCUT2D eigenvalue weighted by molar-refractivity contribution is 0.526. The molecule has 0 aromatic carbocycles. The van der Waals surface area contributed by atoms with Gasteiger partial charge >= 0.3 is 0 Å². The van der Waals surface area contributed by atoms with Crippen molar-refractivity contribution >= 4 is 11.0 Å². The smallest absolute Gasteiger partial charge is 0.152 e. The fourth-order valence-corrected chi connectivity index (χ4v) is 1.79. The second-order valence-corrected chi connectivity index (χ2v) is 3.94. The van der Waals surface area contributed by atoms with E-state index in [1.54, 1.807) is 12.4 Å². The molecule has 0 saturated heterocycles. The molecule has 0 aliphatic carbocycles. The average molecular weight is 203 g/mol. The largest absolute Gasteiger partial charge is 0.459 e. The molecule has 0 unspecified atom stereocenters. The molecule has 80 valence electrons. The molecule has 0 fully saturated rings. The van der Waals surface area contributed by atoms with Gasteiger partial charge in [0.15, 0.2) is 5.58 Å². The van der Waals surface area contributed by atoms with Crippen LogP contribution in [-0.2, 0) is 6.42 Å². The van der Waals surface area contributed by atoms with E-state index in [2.05, 4.69) is 18.0 Å². The van der Waals surface area contributed by atoms with Crippen molar-refractivity contribution in [2.45, 2.75) is 39.0 Å². The summed E-state index contributed by atoms with van der Waals surface area (Å²) in [5.74, 6) is 1.09. The van der Waals surface area contributed by atoms with E-state index in [0.29, 0.717) is 0 Å². The van der Waals surface area contributed by atoms with Crippen molar-refractivity contribution < 1.29 is 4.42 Å². The van der Waals surface area contributed by atoms with Crippen molar-refractivity contribution in [2.24, 2.45) is 0 Å². The number of unbranched alkanes of at least 4 members (excludes halogenated alkanes) is 3. The normalized spacial score (nSPS) is 11.0. The number of nitrogens with zero attached hydrogens (tertiary/aromatic N) is 1. The number of aryl methyl sites for hydroxylation is 1. The van der Waals surface area contributed by atoms with E-state index in [-0.39, 0.29) is 0 Å². The van der Waals surface area contributed by atoms with Crippen LogP contribution < -0.4 is 0 Å². The van der Waals surface area contributed by atoms with Crippen LogP contribution in [0.2, 0.25) is 0 Å².